The quantitative estimate of drug-likeness (QED) is 0.332. The second-order valence-corrected chi connectivity index (χ2v) is 8.09. The van der Waals surface area contributed by atoms with Crippen LogP contribution in [0.1, 0.15) is 49.8 Å². The summed E-state index contributed by atoms with van der Waals surface area (Å²) in [5, 5.41) is 22.5. The highest BCUT2D eigenvalue weighted by atomic mass is 35.5. The van der Waals surface area contributed by atoms with E-state index in [1.807, 2.05) is 12.3 Å². The topological polar surface area (TPSA) is 139 Å². The van der Waals surface area contributed by atoms with Gasteiger partial charge in [0, 0.05) is 36.0 Å². The Labute approximate surface area is 204 Å². The Morgan fingerprint density at radius 2 is 2.09 bits per heavy atom. The molecule has 11 nitrogen and oxygen atoms in total. The average Bonchev–Trinajstić information content (AvgIpc) is 3.22. The SMILES string of the molecule is CCCCNc1nc(NC(=O)O)nc2cnn(Cc3cnc(C4CCNCC4)cc3OC)c12.Cl. The van der Waals surface area contributed by atoms with Crippen molar-refractivity contribution < 1.29 is 14.6 Å². The van der Waals surface area contributed by atoms with Crippen molar-refractivity contribution in [1.82, 2.24) is 30.0 Å². The molecule has 3 aromatic rings. The number of amides is 1. The van der Waals surface area contributed by atoms with E-state index in [-0.39, 0.29) is 18.4 Å². The molecule has 1 amide bonds. The molecule has 4 heterocycles. The van der Waals surface area contributed by atoms with Crippen LogP contribution in [-0.4, -0.2) is 62.7 Å². The fraction of sp³-hybridized carbons (Fsp3) is 0.500. The van der Waals surface area contributed by atoms with Crippen LogP contribution in [-0.2, 0) is 6.54 Å². The van der Waals surface area contributed by atoms with Gasteiger partial charge in [0.15, 0.2) is 5.82 Å². The Hall–Kier alpha value is -3.18. The van der Waals surface area contributed by atoms with Crippen LogP contribution in [0, 0.1) is 0 Å². The number of methoxy groups -OCH3 is 1. The predicted molar refractivity (Wildman–Crippen MR) is 132 cm³/mol. The fourth-order valence-electron chi connectivity index (χ4n) is 4.07. The van der Waals surface area contributed by atoms with Gasteiger partial charge in [-0.25, -0.2) is 9.78 Å². The molecule has 0 bridgehead atoms. The number of carboxylic acid groups (broad SMARTS) is 1. The van der Waals surface area contributed by atoms with Crippen molar-refractivity contribution in [3.63, 3.8) is 0 Å². The third-order valence-corrected chi connectivity index (χ3v) is 5.79. The second-order valence-electron chi connectivity index (χ2n) is 8.09. The lowest BCUT2D eigenvalue weighted by Gasteiger charge is -2.23. The first-order valence-corrected chi connectivity index (χ1v) is 11.3. The van der Waals surface area contributed by atoms with Gasteiger partial charge in [-0.3, -0.25) is 15.0 Å². The molecule has 4 N–H and O–H groups in total. The summed E-state index contributed by atoms with van der Waals surface area (Å²) in [4.78, 5) is 24.5. The van der Waals surface area contributed by atoms with Crippen LogP contribution in [0.4, 0.5) is 16.6 Å². The van der Waals surface area contributed by atoms with Crippen molar-refractivity contribution >= 4 is 41.3 Å². The van der Waals surface area contributed by atoms with Gasteiger partial charge in [-0.2, -0.15) is 10.1 Å². The number of piperidine rings is 1. The van der Waals surface area contributed by atoms with E-state index in [0.29, 0.717) is 35.9 Å². The van der Waals surface area contributed by atoms with E-state index in [0.717, 1.165) is 55.8 Å². The third-order valence-electron chi connectivity index (χ3n) is 5.79. The van der Waals surface area contributed by atoms with E-state index in [2.05, 4.69) is 37.9 Å². The molecule has 1 fully saturated rings. The Kier molecular flexibility index (Phi) is 8.83. The van der Waals surface area contributed by atoms with Crippen molar-refractivity contribution in [2.24, 2.45) is 0 Å². The van der Waals surface area contributed by atoms with Crippen molar-refractivity contribution in [2.75, 3.05) is 37.4 Å². The first kappa shape index (κ1) is 25.4. The van der Waals surface area contributed by atoms with Gasteiger partial charge >= 0.3 is 6.09 Å². The molecule has 12 heteroatoms. The normalized spacial score (nSPS) is 13.9. The number of fused-ring (bicyclic) bond motifs is 1. The number of carbonyl (C=O) groups is 1. The number of aromatic nitrogens is 5. The molecule has 1 aliphatic heterocycles. The molecule has 1 saturated heterocycles. The second kappa shape index (κ2) is 11.8. The Morgan fingerprint density at radius 3 is 2.79 bits per heavy atom. The summed E-state index contributed by atoms with van der Waals surface area (Å²) in [6, 6.07) is 2.03. The van der Waals surface area contributed by atoms with Crippen LogP contribution in [0.5, 0.6) is 5.75 Å². The van der Waals surface area contributed by atoms with Crippen LogP contribution in [0.2, 0.25) is 0 Å². The Balaban J connectivity index is 0.00000324. The molecule has 0 spiro atoms. The summed E-state index contributed by atoms with van der Waals surface area (Å²) in [6.07, 6.45) is 6.36. The minimum atomic E-state index is -1.22. The standard InChI is InChI=1S/C22H30N8O3.ClH/c1-3-4-7-24-20-19-17(27-21(28-20)29-22(31)32)12-26-30(19)13-15-11-25-16(10-18(15)33-2)14-5-8-23-9-6-14;/h10-12,14,23H,3-9,13H2,1-2H3,(H,31,32)(H2,24,27,28,29);1H. The number of rotatable bonds is 9. The minimum Gasteiger partial charge on any atom is -0.496 e. The zero-order valence-corrected chi connectivity index (χ0v) is 20.2. The number of unbranched alkanes of at least 4 members (excludes halogenated alkanes) is 1. The summed E-state index contributed by atoms with van der Waals surface area (Å²) in [5.74, 6) is 1.75. The molecule has 1 aliphatic rings. The van der Waals surface area contributed by atoms with E-state index in [4.69, 9.17) is 14.8 Å². The monoisotopic (exact) mass is 490 g/mol. The largest absolute Gasteiger partial charge is 0.496 e. The molecule has 0 saturated carbocycles. The number of hydrogen-bond donors (Lipinski definition) is 4. The summed E-state index contributed by atoms with van der Waals surface area (Å²) in [5.41, 5.74) is 3.20. The zero-order valence-electron chi connectivity index (χ0n) is 19.4. The Morgan fingerprint density at radius 1 is 1.29 bits per heavy atom. The molecule has 34 heavy (non-hydrogen) atoms. The van der Waals surface area contributed by atoms with Crippen molar-refractivity contribution in [1.29, 1.82) is 0 Å². The lowest BCUT2D eigenvalue weighted by Crippen LogP contribution is -2.27. The number of ether oxygens (including phenoxy) is 1. The van der Waals surface area contributed by atoms with Crippen molar-refractivity contribution in [3.05, 3.63) is 29.7 Å². The molecule has 3 aromatic heterocycles. The van der Waals surface area contributed by atoms with Gasteiger partial charge in [-0.1, -0.05) is 13.3 Å². The van der Waals surface area contributed by atoms with Crippen molar-refractivity contribution in [2.45, 2.75) is 45.1 Å². The maximum Gasteiger partial charge on any atom is 0.411 e. The van der Waals surface area contributed by atoms with E-state index in [1.54, 1.807) is 18.0 Å². The maximum atomic E-state index is 11.1. The molecule has 4 rings (SSSR count). The van der Waals surface area contributed by atoms with Gasteiger partial charge in [0.25, 0.3) is 0 Å². The zero-order chi connectivity index (χ0) is 23.2. The van der Waals surface area contributed by atoms with Gasteiger partial charge < -0.3 is 20.5 Å². The number of hydrogen-bond acceptors (Lipinski definition) is 8. The van der Waals surface area contributed by atoms with Crippen LogP contribution in [0.25, 0.3) is 11.0 Å². The third kappa shape index (κ3) is 5.84. The molecule has 0 aliphatic carbocycles. The molecule has 0 radical (unpaired) electrons. The average molecular weight is 491 g/mol. The predicted octanol–water partition coefficient (Wildman–Crippen LogP) is 3.47. The van der Waals surface area contributed by atoms with Gasteiger partial charge in [0.1, 0.15) is 16.8 Å². The maximum absolute atomic E-state index is 11.1. The number of nitrogens with one attached hydrogen (secondary N) is 3. The molecule has 0 atom stereocenters. The van der Waals surface area contributed by atoms with E-state index in [1.165, 1.54) is 0 Å². The number of anilines is 2. The van der Waals surface area contributed by atoms with Gasteiger partial charge in [-0.15, -0.1) is 12.4 Å². The minimum absolute atomic E-state index is 0. The summed E-state index contributed by atoms with van der Waals surface area (Å²) in [6.45, 7) is 5.23. The number of pyridine rings is 1. The highest BCUT2D eigenvalue weighted by Gasteiger charge is 2.20. The summed E-state index contributed by atoms with van der Waals surface area (Å²) < 4.78 is 7.48. The molecule has 0 aromatic carbocycles. The molecule has 0 unspecified atom stereocenters. The molecule has 184 valence electrons. The fourth-order valence-corrected chi connectivity index (χ4v) is 4.07. The lowest BCUT2D eigenvalue weighted by molar-refractivity contribution is 0.209. The highest BCUT2D eigenvalue weighted by Crippen LogP contribution is 2.30. The van der Waals surface area contributed by atoms with E-state index >= 15 is 0 Å². The summed E-state index contributed by atoms with van der Waals surface area (Å²) >= 11 is 0. The highest BCUT2D eigenvalue weighted by molar-refractivity contribution is 5.89. The van der Waals surface area contributed by atoms with Crippen LogP contribution < -0.4 is 20.7 Å². The molecular formula is C22H31ClN8O3. The van der Waals surface area contributed by atoms with Gasteiger partial charge in [0.05, 0.1) is 19.9 Å². The summed E-state index contributed by atoms with van der Waals surface area (Å²) in [7, 11) is 1.66. The molecular weight excluding hydrogens is 460 g/mol. The van der Waals surface area contributed by atoms with Gasteiger partial charge in [-0.05, 0) is 32.4 Å². The van der Waals surface area contributed by atoms with E-state index in [9.17, 15) is 4.79 Å². The first-order chi connectivity index (χ1) is 16.1. The first-order valence-electron chi connectivity index (χ1n) is 11.3. The number of nitrogens with zero attached hydrogens (tertiary/aromatic N) is 5. The van der Waals surface area contributed by atoms with Gasteiger partial charge in [0.2, 0.25) is 5.95 Å². The lowest BCUT2D eigenvalue weighted by atomic mass is 9.93. The van der Waals surface area contributed by atoms with E-state index < -0.39 is 6.09 Å². The van der Waals surface area contributed by atoms with Crippen LogP contribution in [0.15, 0.2) is 18.5 Å². The smallest absolute Gasteiger partial charge is 0.411 e. The van der Waals surface area contributed by atoms with Crippen LogP contribution >= 0.6 is 12.4 Å². The van der Waals surface area contributed by atoms with Crippen LogP contribution in [0.3, 0.4) is 0 Å². The number of halogens is 1. The Bertz CT molecular complexity index is 1120. The van der Waals surface area contributed by atoms with Crippen molar-refractivity contribution in [3.8, 4) is 5.75 Å².